The summed E-state index contributed by atoms with van der Waals surface area (Å²) >= 11 is 1.64. The maximum Gasteiger partial charge on any atom is 0.317 e. The van der Waals surface area contributed by atoms with Crippen molar-refractivity contribution >= 4 is 33.4 Å². The number of urea groups is 1. The molecule has 0 saturated carbocycles. The SMILES string of the molecule is CCNC(=O)N1CCC(Nc2nc(CC)nc3sccc23)C1. The van der Waals surface area contributed by atoms with Crippen LogP contribution in [0.1, 0.15) is 26.1 Å². The summed E-state index contributed by atoms with van der Waals surface area (Å²) in [6, 6.07) is 2.31. The number of nitrogens with one attached hydrogen (secondary N) is 2. The summed E-state index contributed by atoms with van der Waals surface area (Å²) in [5, 5.41) is 9.47. The van der Waals surface area contributed by atoms with Crippen LogP contribution in [0.4, 0.5) is 10.6 Å². The molecule has 1 atom stereocenters. The number of aromatic nitrogens is 2. The fourth-order valence-electron chi connectivity index (χ4n) is 2.69. The zero-order chi connectivity index (χ0) is 15.5. The quantitative estimate of drug-likeness (QED) is 0.908. The number of amides is 2. The molecule has 0 aliphatic carbocycles. The standard InChI is InChI=1S/C15H21N5OS/c1-3-12-18-13(11-6-8-22-14(11)19-12)17-10-5-7-20(9-10)15(21)16-4-2/h6,8,10H,3-5,7,9H2,1-2H3,(H,16,21)(H,17,18,19). The summed E-state index contributed by atoms with van der Waals surface area (Å²) in [6.45, 7) is 6.15. The molecule has 2 amide bonds. The molecular weight excluding hydrogens is 298 g/mol. The second kappa shape index (κ2) is 6.48. The summed E-state index contributed by atoms with van der Waals surface area (Å²) in [4.78, 5) is 23.9. The number of hydrogen-bond donors (Lipinski definition) is 2. The van der Waals surface area contributed by atoms with Gasteiger partial charge in [0, 0.05) is 32.1 Å². The molecule has 0 bridgehead atoms. The van der Waals surface area contributed by atoms with E-state index in [4.69, 9.17) is 0 Å². The number of thiophene rings is 1. The van der Waals surface area contributed by atoms with Crippen LogP contribution in [-0.4, -0.2) is 46.6 Å². The normalized spacial score (nSPS) is 17.9. The highest BCUT2D eigenvalue weighted by molar-refractivity contribution is 7.16. The van der Waals surface area contributed by atoms with Gasteiger partial charge in [-0.1, -0.05) is 6.92 Å². The number of anilines is 1. The number of rotatable bonds is 4. The maximum atomic E-state index is 11.9. The monoisotopic (exact) mass is 319 g/mol. The largest absolute Gasteiger partial charge is 0.365 e. The van der Waals surface area contributed by atoms with E-state index in [0.717, 1.165) is 41.2 Å². The number of aryl methyl sites for hydroxylation is 1. The molecule has 1 saturated heterocycles. The summed E-state index contributed by atoms with van der Waals surface area (Å²) < 4.78 is 0. The first kappa shape index (κ1) is 15.0. The molecule has 1 aliphatic heterocycles. The Labute approximate surface area is 133 Å². The topological polar surface area (TPSA) is 70.2 Å². The molecule has 3 rings (SSSR count). The predicted molar refractivity (Wildman–Crippen MR) is 89.5 cm³/mol. The van der Waals surface area contributed by atoms with Crippen molar-refractivity contribution in [2.45, 2.75) is 32.7 Å². The molecule has 1 fully saturated rings. The van der Waals surface area contributed by atoms with Gasteiger partial charge in [0.2, 0.25) is 0 Å². The van der Waals surface area contributed by atoms with Crippen molar-refractivity contribution < 1.29 is 4.79 Å². The third-order valence-corrected chi connectivity index (χ3v) is 4.64. The Balaban J connectivity index is 1.74. The molecule has 2 aromatic rings. The van der Waals surface area contributed by atoms with E-state index >= 15 is 0 Å². The van der Waals surface area contributed by atoms with Gasteiger partial charge in [-0.15, -0.1) is 11.3 Å². The lowest BCUT2D eigenvalue weighted by Gasteiger charge is -2.18. The highest BCUT2D eigenvalue weighted by atomic mass is 32.1. The van der Waals surface area contributed by atoms with Crippen molar-refractivity contribution in [2.24, 2.45) is 0 Å². The van der Waals surface area contributed by atoms with Gasteiger partial charge in [0.15, 0.2) is 0 Å². The van der Waals surface area contributed by atoms with E-state index in [2.05, 4.69) is 33.6 Å². The molecule has 6 nitrogen and oxygen atoms in total. The first-order valence-corrected chi connectivity index (χ1v) is 8.62. The molecular formula is C15H21N5OS. The number of fused-ring (bicyclic) bond motifs is 1. The Kier molecular flexibility index (Phi) is 4.42. The van der Waals surface area contributed by atoms with Crippen LogP contribution in [0.5, 0.6) is 0 Å². The number of carbonyl (C=O) groups excluding carboxylic acids is 1. The lowest BCUT2D eigenvalue weighted by Crippen LogP contribution is -2.39. The van der Waals surface area contributed by atoms with Crippen LogP contribution in [0.2, 0.25) is 0 Å². The zero-order valence-electron chi connectivity index (χ0n) is 12.9. The smallest absolute Gasteiger partial charge is 0.317 e. The summed E-state index contributed by atoms with van der Waals surface area (Å²) in [6.07, 6.45) is 1.76. The van der Waals surface area contributed by atoms with Gasteiger partial charge in [0.05, 0.1) is 5.39 Å². The van der Waals surface area contributed by atoms with E-state index in [9.17, 15) is 4.79 Å². The predicted octanol–water partition coefficient (Wildman–Crippen LogP) is 2.47. The second-order valence-electron chi connectivity index (χ2n) is 5.39. The lowest BCUT2D eigenvalue weighted by atomic mass is 10.2. The molecule has 3 heterocycles. The number of carbonyl (C=O) groups is 1. The molecule has 2 aromatic heterocycles. The van der Waals surface area contributed by atoms with Crippen molar-refractivity contribution in [1.29, 1.82) is 0 Å². The molecule has 2 N–H and O–H groups in total. The van der Waals surface area contributed by atoms with Crippen LogP contribution < -0.4 is 10.6 Å². The van der Waals surface area contributed by atoms with Crippen molar-refractivity contribution in [1.82, 2.24) is 20.2 Å². The lowest BCUT2D eigenvalue weighted by molar-refractivity contribution is 0.209. The number of nitrogens with zero attached hydrogens (tertiary/aromatic N) is 3. The fourth-order valence-corrected chi connectivity index (χ4v) is 3.47. The Morgan fingerprint density at radius 3 is 3.09 bits per heavy atom. The Morgan fingerprint density at radius 1 is 1.45 bits per heavy atom. The first-order chi connectivity index (χ1) is 10.7. The van der Waals surface area contributed by atoms with Gasteiger partial charge in [-0.3, -0.25) is 0 Å². The highest BCUT2D eigenvalue weighted by Crippen LogP contribution is 2.27. The highest BCUT2D eigenvalue weighted by Gasteiger charge is 2.26. The van der Waals surface area contributed by atoms with Crippen LogP contribution in [-0.2, 0) is 6.42 Å². The molecule has 1 aliphatic rings. The van der Waals surface area contributed by atoms with Crippen molar-refractivity contribution in [2.75, 3.05) is 25.0 Å². The second-order valence-corrected chi connectivity index (χ2v) is 6.29. The first-order valence-electron chi connectivity index (χ1n) is 7.74. The third kappa shape index (κ3) is 2.99. The van der Waals surface area contributed by atoms with E-state index < -0.39 is 0 Å². The Morgan fingerprint density at radius 2 is 2.32 bits per heavy atom. The molecule has 0 radical (unpaired) electrons. The van der Waals surface area contributed by atoms with Gasteiger partial charge in [0.25, 0.3) is 0 Å². The molecule has 22 heavy (non-hydrogen) atoms. The van der Waals surface area contributed by atoms with Crippen LogP contribution in [0, 0.1) is 0 Å². The van der Waals surface area contributed by atoms with Gasteiger partial charge in [-0.25, -0.2) is 14.8 Å². The minimum Gasteiger partial charge on any atom is -0.365 e. The Bertz CT molecular complexity index is 671. The van der Waals surface area contributed by atoms with E-state index in [0.29, 0.717) is 13.1 Å². The van der Waals surface area contributed by atoms with Crippen LogP contribution in [0.3, 0.4) is 0 Å². The van der Waals surface area contributed by atoms with Crippen LogP contribution in [0.15, 0.2) is 11.4 Å². The summed E-state index contributed by atoms with van der Waals surface area (Å²) in [5.41, 5.74) is 0. The average Bonchev–Trinajstić information content (AvgIpc) is 3.16. The number of likely N-dealkylation sites (tertiary alicyclic amines) is 1. The van der Waals surface area contributed by atoms with E-state index in [1.807, 2.05) is 17.2 Å². The molecule has 7 heteroatoms. The summed E-state index contributed by atoms with van der Waals surface area (Å²) in [5.74, 6) is 1.75. The van der Waals surface area contributed by atoms with Gasteiger partial charge in [-0.2, -0.15) is 0 Å². The van der Waals surface area contributed by atoms with Crippen LogP contribution in [0.25, 0.3) is 10.2 Å². The summed E-state index contributed by atoms with van der Waals surface area (Å²) in [7, 11) is 0. The van der Waals surface area contributed by atoms with Crippen molar-refractivity contribution in [3.05, 3.63) is 17.3 Å². The van der Waals surface area contributed by atoms with E-state index in [-0.39, 0.29) is 12.1 Å². The minimum absolute atomic E-state index is 0.0180. The van der Waals surface area contributed by atoms with E-state index in [1.165, 1.54) is 0 Å². The van der Waals surface area contributed by atoms with Gasteiger partial charge in [-0.05, 0) is 24.8 Å². The third-order valence-electron chi connectivity index (χ3n) is 3.83. The van der Waals surface area contributed by atoms with Gasteiger partial charge < -0.3 is 15.5 Å². The Hall–Kier alpha value is -1.89. The van der Waals surface area contributed by atoms with Crippen molar-refractivity contribution in [3.8, 4) is 0 Å². The number of hydrogen-bond acceptors (Lipinski definition) is 5. The molecule has 118 valence electrons. The molecule has 0 aromatic carbocycles. The maximum absolute atomic E-state index is 11.9. The van der Waals surface area contributed by atoms with Crippen LogP contribution >= 0.6 is 11.3 Å². The van der Waals surface area contributed by atoms with E-state index in [1.54, 1.807) is 11.3 Å². The average molecular weight is 319 g/mol. The minimum atomic E-state index is 0.0180. The van der Waals surface area contributed by atoms with Crippen molar-refractivity contribution in [3.63, 3.8) is 0 Å². The molecule has 0 spiro atoms. The van der Waals surface area contributed by atoms with Gasteiger partial charge >= 0.3 is 6.03 Å². The zero-order valence-corrected chi connectivity index (χ0v) is 13.7. The fraction of sp³-hybridized carbons (Fsp3) is 0.533. The molecule has 1 unspecified atom stereocenters. The van der Waals surface area contributed by atoms with Gasteiger partial charge in [0.1, 0.15) is 16.5 Å².